The number of amides is 3. The van der Waals surface area contributed by atoms with Crippen molar-refractivity contribution in [3.05, 3.63) is 62.7 Å². The van der Waals surface area contributed by atoms with Gasteiger partial charge in [0.15, 0.2) is 0 Å². The average Bonchev–Trinajstić information content (AvgIpc) is 3.13. The van der Waals surface area contributed by atoms with Crippen LogP contribution in [0.3, 0.4) is 0 Å². The molecule has 0 spiro atoms. The van der Waals surface area contributed by atoms with E-state index < -0.39 is 10.8 Å². The Kier molecular flexibility index (Phi) is 4.00. The number of anilines is 2. The number of nitrogens with one attached hydrogen (secondary N) is 2. The van der Waals surface area contributed by atoms with Gasteiger partial charge in [0.25, 0.3) is 11.6 Å². The van der Waals surface area contributed by atoms with Gasteiger partial charge in [0.1, 0.15) is 10.9 Å². The minimum atomic E-state index is -0.645. The molecule has 0 radical (unpaired) electrons. The molecule has 2 N–H and O–H groups in total. The Morgan fingerprint density at radius 2 is 2.11 bits per heavy atom. The van der Waals surface area contributed by atoms with Gasteiger partial charge in [-0.15, -0.1) is 0 Å². The number of hydrogen-bond donors (Lipinski definition) is 2. The van der Waals surface area contributed by atoms with Crippen molar-refractivity contribution in [3.63, 3.8) is 0 Å². The molecule has 9 nitrogen and oxygen atoms in total. The van der Waals surface area contributed by atoms with Gasteiger partial charge in [-0.3, -0.25) is 24.8 Å². The fourth-order valence-electron chi connectivity index (χ4n) is 2.97. The van der Waals surface area contributed by atoms with Crippen molar-refractivity contribution in [3.8, 4) is 0 Å². The summed E-state index contributed by atoms with van der Waals surface area (Å²) in [4.78, 5) is 40.7. The second kappa shape index (κ2) is 6.36. The summed E-state index contributed by atoms with van der Waals surface area (Å²) >= 11 is 5.77. The SMILES string of the molecule is O=C(Nc1ccc2c(c1)C1=NCCN1C(=O)N2)c1ccc(Cl)c([N+](=O)[O-])c1. The number of benzene rings is 2. The maximum Gasteiger partial charge on any atom is 0.327 e. The molecule has 0 aromatic heterocycles. The number of hydrogen-bond acceptors (Lipinski definition) is 5. The van der Waals surface area contributed by atoms with Gasteiger partial charge in [-0.2, -0.15) is 0 Å². The van der Waals surface area contributed by atoms with Crippen LogP contribution in [0.5, 0.6) is 0 Å². The first-order valence-electron chi connectivity index (χ1n) is 7.97. The summed E-state index contributed by atoms with van der Waals surface area (Å²) in [6.45, 7) is 1.03. The van der Waals surface area contributed by atoms with Crippen LogP contribution in [0, 0.1) is 10.1 Å². The lowest BCUT2D eigenvalue weighted by atomic mass is 10.1. The van der Waals surface area contributed by atoms with Crippen molar-refractivity contribution in [1.29, 1.82) is 0 Å². The van der Waals surface area contributed by atoms with Crippen LogP contribution >= 0.6 is 11.6 Å². The summed E-state index contributed by atoms with van der Waals surface area (Å²) < 4.78 is 0. The summed E-state index contributed by atoms with van der Waals surface area (Å²) in [7, 11) is 0. The molecular formula is C17H12ClN5O4. The summed E-state index contributed by atoms with van der Waals surface area (Å²) in [5.41, 5.74) is 1.55. The molecule has 2 aliphatic rings. The number of carbonyl (C=O) groups is 2. The summed E-state index contributed by atoms with van der Waals surface area (Å²) in [6, 6.07) is 8.61. The number of aliphatic imine (C=N–C) groups is 1. The molecule has 27 heavy (non-hydrogen) atoms. The Hall–Kier alpha value is -3.46. The van der Waals surface area contributed by atoms with Crippen molar-refractivity contribution >= 4 is 46.4 Å². The lowest BCUT2D eigenvalue weighted by Gasteiger charge is -2.26. The molecule has 0 bridgehead atoms. The first-order chi connectivity index (χ1) is 12.9. The first-order valence-corrected chi connectivity index (χ1v) is 8.34. The largest absolute Gasteiger partial charge is 0.327 e. The molecular weight excluding hydrogens is 374 g/mol. The van der Waals surface area contributed by atoms with E-state index in [1.165, 1.54) is 17.0 Å². The Morgan fingerprint density at radius 3 is 2.89 bits per heavy atom. The van der Waals surface area contributed by atoms with Crippen LogP contribution < -0.4 is 10.6 Å². The molecule has 2 aliphatic heterocycles. The number of nitro groups is 1. The maximum atomic E-state index is 12.5. The zero-order chi connectivity index (χ0) is 19.1. The van der Waals surface area contributed by atoms with Crippen molar-refractivity contribution in [2.75, 3.05) is 23.7 Å². The van der Waals surface area contributed by atoms with E-state index in [1.807, 2.05) is 0 Å². The van der Waals surface area contributed by atoms with Crippen LogP contribution in [-0.4, -0.2) is 40.7 Å². The molecule has 136 valence electrons. The van der Waals surface area contributed by atoms with Gasteiger partial charge in [-0.25, -0.2) is 4.79 Å². The van der Waals surface area contributed by atoms with Crippen molar-refractivity contribution in [2.45, 2.75) is 0 Å². The van der Waals surface area contributed by atoms with Gasteiger partial charge < -0.3 is 10.6 Å². The third-order valence-corrected chi connectivity index (χ3v) is 4.57. The standard InChI is InChI=1S/C17H12ClN5O4/c18-12-3-1-9(7-14(12)23(26)27)16(24)20-10-2-4-13-11(8-10)15-19-5-6-22(15)17(25)21-13/h1-4,7-8H,5-6H2,(H,20,24)(H,21,25). The van der Waals surface area contributed by atoms with E-state index in [1.54, 1.807) is 18.2 Å². The topological polar surface area (TPSA) is 117 Å². The van der Waals surface area contributed by atoms with E-state index in [9.17, 15) is 19.7 Å². The smallest absolute Gasteiger partial charge is 0.322 e. The lowest BCUT2D eigenvalue weighted by molar-refractivity contribution is -0.384. The maximum absolute atomic E-state index is 12.5. The third kappa shape index (κ3) is 2.97. The van der Waals surface area contributed by atoms with Crippen LogP contribution in [-0.2, 0) is 0 Å². The van der Waals surface area contributed by atoms with Crippen LogP contribution in [0.2, 0.25) is 5.02 Å². The summed E-state index contributed by atoms with van der Waals surface area (Å²) in [5, 5.41) is 16.4. The molecule has 0 fully saturated rings. The summed E-state index contributed by atoms with van der Waals surface area (Å²) in [5.74, 6) is 0.0479. The normalized spacial score (nSPS) is 14.8. The van der Waals surface area contributed by atoms with E-state index >= 15 is 0 Å². The van der Waals surface area contributed by atoms with Crippen molar-refractivity contribution in [1.82, 2.24) is 4.90 Å². The number of carbonyl (C=O) groups excluding carboxylic acids is 2. The van der Waals surface area contributed by atoms with Crippen LogP contribution in [0.1, 0.15) is 15.9 Å². The quantitative estimate of drug-likeness (QED) is 0.623. The van der Waals surface area contributed by atoms with Crippen LogP contribution in [0.15, 0.2) is 41.4 Å². The van der Waals surface area contributed by atoms with Gasteiger partial charge in [0.2, 0.25) is 0 Å². The van der Waals surface area contributed by atoms with E-state index in [2.05, 4.69) is 15.6 Å². The Labute approximate surface area is 157 Å². The number of amidine groups is 1. The fraction of sp³-hybridized carbons (Fsp3) is 0.118. The summed E-state index contributed by atoms with van der Waals surface area (Å²) in [6.07, 6.45) is 0. The van der Waals surface area contributed by atoms with Crippen LogP contribution in [0.25, 0.3) is 0 Å². The molecule has 2 aromatic rings. The van der Waals surface area contributed by atoms with Crippen molar-refractivity contribution in [2.24, 2.45) is 4.99 Å². The van der Waals surface area contributed by atoms with E-state index in [-0.39, 0.29) is 22.3 Å². The molecule has 2 heterocycles. The molecule has 2 aromatic carbocycles. The highest BCUT2D eigenvalue weighted by molar-refractivity contribution is 6.32. The van der Waals surface area contributed by atoms with E-state index in [4.69, 9.17) is 11.6 Å². The molecule has 10 heteroatoms. The molecule has 3 amide bonds. The number of nitrogens with zero attached hydrogens (tertiary/aromatic N) is 3. The predicted octanol–water partition coefficient (Wildman–Crippen LogP) is 3.11. The second-order valence-electron chi connectivity index (χ2n) is 5.92. The van der Waals surface area contributed by atoms with Crippen LogP contribution in [0.4, 0.5) is 21.9 Å². The average molecular weight is 386 g/mol. The number of rotatable bonds is 3. The number of halogens is 1. The van der Waals surface area contributed by atoms with Gasteiger partial charge in [0.05, 0.1) is 17.2 Å². The highest BCUT2D eigenvalue weighted by Crippen LogP contribution is 2.29. The van der Waals surface area contributed by atoms with Gasteiger partial charge in [0, 0.05) is 29.4 Å². The fourth-order valence-corrected chi connectivity index (χ4v) is 3.16. The molecule has 0 saturated heterocycles. The lowest BCUT2D eigenvalue weighted by Crippen LogP contribution is -2.42. The van der Waals surface area contributed by atoms with Crippen molar-refractivity contribution < 1.29 is 14.5 Å². The monoisotopic (exact) mass is 385 g/mol. The Bertz CT molecular complexity index is 1040. The zero-order valence-electron chi connectivity index (χ0n) is 13.7. The zero-order valence-corrected chi connectivity index (χ0v) is 14.5. The van der Waals surface area contributed by atoms with Gasteiger partial charge in [-0.05, 0) is 30.3 Å². The minimum absolute atomic E-state index is 0.0413. The van der Waals surface area contributed by atoms with Gasteiger partial charge in [-0.1, -0.05) is 11.6 Å². The highest BCUT2D eigenvalue weighted by atomic mass is 35.5. The first kappa shape index (κ1) is 17.0. The molecule has 0 aliphatic carbocycles. The number of nitro benzene ring substituents is 1. The van der Waals surface area contributed by atoms with E-state index in [0.717, 1.165) is 6.07 Å². The molecule has 0 atom stereocenters. The number of urea groups is 1. The molecule has 0 saturated carbocycles. The molecule has 4 rings (SSSR count). The second-order valence-corrected chi connectivity index (χ2v) is 6.33. The molecule has 0 unspecified atom stereocenters. The Morgan fingerprint density at radius 1 is 1.30 bits per heavy atom. The van der Waals surface area contributed by atoms with E-state index in [0.29, 0.717) is 35.9 Å². The predicted molar refractivity (Wildman–Crippen MR) is 99.6 cm³/mol. The number of fused-ring (bicyclic) bond motifs is 3. The Balaban J connectivity index is 1.62. The van der Waals surface area contributed by atoms with Gasteiger partial charge >= 0.3 is 6.03 Å². The third-order valence-electron chi connectivity index (χ3n) is 4.25. The highest BCUT2D eigenvalue weighted by Gasteiger charge is 2.31. The minimum Gasteiger partial charge on any atom is -0.322 e.